The van der Waals surface area contributed by atoms with E-state index in [2.05, 4.69) is 23.4 Å². The summed E-state index contributed by atoms with van der Waals surface area (Å²) in [6, 6.07) is 4.85. The number of sulfonamides is 1. The second-order valence-corrected chi connectivity index (χ2v) is 9.11. The van der Waals surface area contributed by atoms with E-state index in [1.807, 2.05) is 6.20 Å². The highest BCUT2D eigenvalue weighted by atomic mass is 32.2. The standard InChI is InChI=1S/C20H29N3O4S/c1-5-9-23-15(2)13-21-20(23)11-16-8-10-22(14-16)28(24,25)19-12-17(26-3)6-7-18(19)27-4/h6-7,12-13,16H,5,8-11,14H2,1-4H3. The van der Waals surface area contributed by atoms with E-state index in [1.54, 1.807) is 16.4 Å². The molecule has 2 aromatic rings. The van der Waals surface area contributed by atoms with E-state index in [0.717, 1.165) is 37.3 Å². The van der Waals surface area contributed by atoms with Crippen LogP contribution in [-0.2, 0) is 23.0 Å². The Hall–Kier alpha value is -2.06. The number of ether oxygens (including phenoxy) is 2. The zero-order valence-electron chi connectivity index (χ0n) is 17.0. The largest absolute Gasteiger partial charge is 0.497 e. The minimum Gasteiger partial charge on any atom is -0.497 e. The van der Waals surface area contributed by atoms with Gasteiger partial charge in [0, 0.05) is 44.0 Å². The van der Waals surface area contributed by atoms with Crippen LogP contribution in [0.25, 0.3) is 0 Å². The Bertz CT molecular complexity index is 924. The molecule has 8 heteroatoms. The normalized spacial score (nSPS) is 17.8. The zero-order chi connectivity index (χ0) is 20.3. The van der Waals surface area contributed by atoms with Crippen LogP contribution < -0.4 is 9.47 Å². The van der Waals surface area contributed by atoms with Gasteiger partial charge in [0.25, 0.3) is 0 Å². The molecule has 1 aromatic carbocycles. The number of aryl methyl sites for hydroxylation is 1. The molecule has 28 heavy (non-hydrogen) atoms. The molecule has 0 amide bonds. The average molecular weight is 408 g/mol. The van der Waals surface area contributed by atoms with E-state index in [9.17, 15) is 8.42 Å². The Morgan fingerprint density at radius 2 is 2.04 bits per heavy atom. The van der Waals surface area contributed by atoms with E-state index in [-0.39, 0.29) is 10.8 Å². The third kappa shape index (κ3) is 4.03. The monoisotopic (exact) mass is 407 g/mol. The lowest BCUT2D eigenvalue weighted by Gasteiger charge is -2.19. The lowest BCUT2D eigenvalue weighted by molar-refractivity contribution is 0.387. The predicted molar refractivity (Wildman–Crippen MR) is 107 cm³/mol. The minimum absolute atomic E-state index is 0.151. The van der Waals surface area contributed by atoms with Crippen LogP contribution in [0.15, 0.2) is 29.3 Å². The summed E-state index contributed by atoms with van der Waals surface area (Å²) in [5.74, 6) is 2.12. The van der Waals surface area contributed by atoms with Gasteiger partial charge < -0.3 is 14.0 Å². The lowest BCUT2D eigenvalue weighted by Crippen LogP contribution is -2.29. The maximum atomic E-state index is 13.2. The van der Waals surface area contributed by atoms with E-state index >= 15 is 0 Å². The summed E-state index contributed by atoms with van der Waals surface area (Å²) in [4.78, 5) is 4.70. The number of rotatable bonds is 8. The molecule has 3 rings (SSSR count). The molecule has 0 bridgehead atoms. The van der Waals surface area contributed by atoms with Crippen molar-refractivity contribution in [1.29, 1.82) is 0 Å². The van der Waals surface area contributed by atoms with E-state index in [1.165, 1.54) is 20.3 Å². The van der Waals surface area contributed by atoms with Gasteiger partial charge in [0.05, 0.1) is 14.2 Å². The van der Waals surface area contributed by atoms with Crippen molar-refractivity contribution < 1.29 is 17.9 Å². The summed E-state index contributed by atoms with van der Waals surface area (Å²) in [6.45, 7) is 6.14. The van der Waals surface area contributed by atoms with Crippen molar-refractivity contribution in [3.63, 3.8) is 0 Å². The Kier molecular flexibility index (Phi) is 6.30. The van der Waals surface area contributed by atoms with Crippen molar-refractivity contribution >= 4 is 10.0 Å². The van der Waals surface area contributed by atoms with Gasteiger partial charge in [-0.05, 0) is 37.8 Å². The van der Waals surface area contributed by atoms with Gasteiger partial charge in [0.2, 0.25) is 10.0 Å². The van der Waals surface area contributed by atoms with Crippen molar-refractivity contribution in [3.8, 4) is 11.5 Å². The van der Waals surface area contributed by atoms with Crippen LogP contribution in [0.2, 0.25) is 0 Å². The third-order valence-electron chi connectivity index (χ3n) is 5.29. The van der Waals surface area contributed by atoms with Crippen LogP contribution >= 0.6 is 0 Å². The fraction of sp³-hybridized carbons (Fsp3) is 0.550. The molecule has 1 unspecified atom stereocenters. The molecule has 1 fully saturated rings. The maximum Gasteiger partial charge on any atom is 0.246 e. The van der Waals surface area contributed by atoms with E-state index < -0.39 is 10.0 Å². The van der Waals surface area contributed by atoms with Crippen molar-refractivity contribution in [2.75, 3.05) is 27.3 Å². The van der Waals surface area contributed by atoms with Crippen molar-refractivity contribution in [2.24, 2.45) is 5.92 Å². The van der Waals surface area contributed by atoms with Gasteiger partial charge in [-0.3, -0.25) is 0 Å². The van der Waals surface area contributed by atoms with Gasteiger partial charge in [-0.2, -0.15) is 4.31 Å². The summed E-state index contributed by atoms with van der Waals surface area (Å²) in [5.41, 5.74) is 1.15. The first kappa shape index (κ1) is 20.7. The molecule has 0 N–H and O–H groups in total. The van der Waals surface area contributed by atoms with Gasteiger partial charge in [0.1, 0.15) is 22.2 Å². The minimum atomic E-state index is -3.65. The number of aromatic nitrogens is 2. The van der Waals surface area contributed by atoms with Gasteiger partial charge >= 0.3 is 0 Å². The molecule has 7 nitrogen and oxygen atoms in total. The number of benzene rings is 1. The molecule has 0 aliphatic carbocycles. The van der Waals surface area contributed by atoms with E-state index in [0.29, 0.717) is 24.6 Å². The summed E-state index contributed by atoms with van der Waals surface area (Å²) >= 11 is 0. The third-order valence-corrected chi connectivity index (χ3v) is 7.18. The fourth-order valence-electron chi connectivity index (χ4n) is 3.77. The molecule has 1 aliphatic rings. The SMILES string of the molecule is CCCn1c(C)cnc1CC1CCN(S(=O)(=O)c2cc(OC)ccc2OC)C1. The second kappa shape index (κ2) is 8.53. The molecule has 1 aliphatic heterocycles. The predicted octanol–water partition coefficient (Wildman–Crippen LogP) is 2.87. The van der Waals surface area contributed by atoms with Crippen molar-refractivity contribution in [1.82, 2.24) is 13.9 Å². The molecular formula is C20H29N3O4S. The molecule has 1 aromatic heterocycles. The molecule has 0 spiro atoms. The first-order valence-electron chi connectivity index (χ1n) is 9.63. The van der Waals surface area contributed by atoms with Gasteiger partial charge in [-0.15, -0.1) is 0 Å². The van der Waals surface area contributed by atoms with Gasteiger partial charge in [-0.1, -0.05) is 6.92 Å². The first-order chi connectivity index (χ1) is 13.4. The summed E-state index contributed by atoms with van der Waals surface area (Å²) in [6.07, 6.45) is 4.55. The zero-order valence-corrected chi connectivity index (χ0v) is 17.8. The Balaban J connectivity index is 1.78. The summed E-state index contributed by atoms with van der Waals surface area (Å²) in [5, 5.41) is 0. The molecule has 1 saturated heterocycles. The van der Waals surface area contributed by atoms with Crippen LogP contribution in [0.1, 0.15) is 31.3 Å². The second-order valence-electron chi connectivity index (χ2n) is 7.21. The lowest BCUT2D eigenvalue weighted by atomic mass is 10.0. The highest BCUT2D eigenvalue weighted by Gasteiger charge is 2.35. The van der Waals surface area contributed by atoms with Crippen LogP contribution in [0.4, 0.5) is 0 Å². The topological polar surface area (TPSA) is 73.7 Å². The Morgan fingerprint density at radius 1 is 1.25 bits per heavy atom. The average Bonchev–Trinajstić information content (AvgIpc) is 3.30. The number of hydrogen-bond donors (Lipinski definition) is 0. The van der Waals surface area contributed by atoms with Gasteiger partial charge in [-0.25, -0.2) is 13.4 Å². The number of nitrogens with zero attached hydrogens (tertiary/aromatic N) is 3. The number of methoxy groups -OCH3 is 2. The molecule has 0 saturated carbocycles. The van der Waals surface area contributed by atoms with Crippen LogP contribution in [0, 0.1) is 12.8 Å². The Morgan fingerprint density at radius 3 is 2.71 bits per heavy atom. The maximum absolute atomic E-state index is 13.2. The highest BCUT2D eigenvalue weighted by molar-refractivity contribution is 7.89. The quantitative estimate of drug-likeness (QED) is 0.673. The van der Waals surface area contributed by atoms with Crippen LogP contribution in [0.5, 0.6) is 11.5 Å². The fourth-order valence-corrected chi connectivity index (χ4v) is 5.47. The first-order valence-corrected chi connectivity index (χ1v) is 11.1. The molecule has 2 heterocycles. The van der Waals surface area contributed by atoms with E-state index in [4.69, 9.17) is 9.47 Å². The number of hydrogen-bond acceptors (Lipinski definition) is 5. The smallest absolute Gasteiger partial charge is 0.246 e. The Labute approximate surface area is 167 Å². The molecule has 154 valence electrons. The molecule has 0 radical (unpaired) electrons. The molecular weight excluding hydrogens is 378 g/mol. The highest BCUT2D eigenvalue weighted by Crippen LogP contribution is 2.33. The van der Waals surface area contributed by atoms with Crippen LogP contribution in [-0.4, -0.2) is 49.6 Å². The van der Waals surface area contributed by atoms with Crippen LogP contribution in [0.3, 0.4) is 0 Å². The number of imidazole rings is 1. The summed E-state index contributed by atoms with van der Waals surface area (Å²) < 4.78 is 40.7. The van der Waals surface area contributed by atoms with Crippen molar-refractivity contribution in [2.45, 2.75) is 44.6 Å². The van der Waals surface area contributed by atoms with Gasteiger partial charge in [0.15, 0.2) is 0 Å². The molecule has 1 atom stereocenters. The van der Waals surface area contributed by atoms with Crippen molar-refractivity contribution in [3.05, 3.63) is 35.9 Å². The summed E-state index contributed by atoms with van der Waals surface area (Å²) in [7, 11) is -0.659.